The van der Waals surface area contributed by atoms with Gasteiger partial charge in [-0.25, -0.2) is 22.0 Å². The Morgan fingerprint density at radius 3 is 1.69 bits per heavy atom. The van der Waals surface area contributed by atoms with E-state index in [1.54, 1.807) is 6.92 Å². The maximum absolute atomic E-state index is 15.1. The van der Waals surface area contributed by atoms with Gasteiger partial charge < -0.3 is 9.84 Å². The average molecular weight is 509 g/mol. The monoisotopic (exact) mass is 508 g/mol. The molecule has 0 amide bonds. The lowest BCUT2D eigenvalue weighted by atomic mass is 9.75. The second-order valence-corrected chi connectivity index (χ2v) is 9.10. The van der Waals surface area contributed by atoms with Gasteiger partial charge in [0.15, 0.2) is 34.8 Å². The highest BCUT2D eigenvalue weighted by Crippen LogP contribution is 2.44. The highest BCUT2D eigenvalue weighted by atomic mass is 19.2. The minimum absolute atomic E-state index is 0.109. The lowest BCUT2D eigenvalue weighted by molar-refractivity contribution is 0.192. The van der Waals surface area contributed by atoms with Crippen LogP contribution in [0.1, 0.15) is 74.2 Å². The predicted octanol–water partition coefficient (Wildman–Crippen LogP) is 8.08. The van der Waals surface area contributed by atoms with Crippen LogP contribution in [0.2, 0.25) is 0 Å². The summed E-state index contributed by atoms with van der Waals surface area (Å²) in [5, 5.41) is 9.58. The van der Waals surface area contributed by atoms with Crippen LogP contribution >= 0.6 is 0 Å². The molecule has 0 spiro atoms. The fraction of sp³-hybridized carbons (Fsp3) is 0.357. The first-order valence-electron chi connectivity index (χ1n) is 11.9. The number of aliphatic hydroxyl groups excluding tert-OH is 1. The van der Waals surface area contributed by atoms with Gasteiger partial charge in [-0.1, -0.05) is 24.3 Å². The molecule has 1 N–H and O–H groups in total. The van der Waals surface area contributed by atoms with Gasteiger partial charge in [0, 0.05) is 16.7 Å². The number of hydrogen-bond donors (Lipinski definition) is 1. The summed E-state index contributed by atoms with van der Waals surface area (Å²) < 4.78 is 92.8. The molecule has 36 heavy (non-hydrogen) atoms. The van der Waals surface area contributed by atoms with E-state index in [1.165, 1.54) is 37.3 Å². The van der Waals surface area contributed by atoms with E-state index < -0.39 is 52.1 Å². The first-order valence-corrected chi connectivity index (χ1v) is 11.9. The SMILES string of the molecule is CCOc1ccc(-c2ccc(C3CCC(c4ccc(C(C)O)c(F)c4F)CC3)c(F)c2F)c(F)c1F. The Hall–Kier alpha value is -3.00. The lowest BCUT2D eigenvalue weighted by Gasteiger charge is -2.30. The quantitative estimate of drug-likeness (QED) is 0.341. The Labute approximate surface area is 205 Å². The van der Waals surface area contributed by atoms with E-state index in [2.05, 4.69) is 0 Å². The molecule has 1 fully saturated rings. The van der Waals surface area contributed by atoms with Crippen LogP contribution in [-0.2, 0) is 0 Å². The third-order valence-electron chi connectivity index (χ3n) is 6.95. The van der Waals surface area contributed by atoms with Gasteiger partial charge in [0.2, 0.25) is 5.82 Å². The van der Waals surface area contributed by atoms with E-state index in [4.69, 9.17) is 4.74 Å². The zero-order valence-corrected chi connectivity index (χ0v) is 19.9. The number of ether oxygens (including phenoxy) is 1. The third kappa shape index (κ3) is 4.71. The highest BCUT2D eigenvalue weighted by molar-refractivity contribution is 5.66. The first-order chi connectivity index (χ1) is 17.1. The molecule has 1 unspecified atom stereocenters. The van der Waals surface area contributed by atoms with Gasteiger partial charge in [-0.15, -0.1) is 0 Å². The summed E-state index contributed by atoms with van der Waals surface area (Å²) >= 11 is 0. The van der Waals surface area contributed by atoms with Gasteiger partial charge >= 0.3 is 0 Å². The molecule has 1 aliphatic rings. The van der Waals surface area contributed by atoms with Gasteiger partial charge in [-0.2, -0.15) is 4.39 Å². The van der Waals surface area contributed by atoms with Crippen molar-refractivity contribution in [1.82, 2.24) is 0 Å². The number of aliphatic hydroxyl groups is 1. The molecule has 0 aromatic heterocycles. The van der Waals surface area contributed by atoms with E-state index in [0.29, 0.717) is 25.7 Å². The van der Waals surface area contributed by atoms with Crippen LogP contribution in [-0.4, -0.2) is 11.7 Å². The molecule has 3 aromatic rings. The van der Waals surface area contributed by atoms with Crippen molar-refractivity contribution in [3.63, 3.8) is 0 Å². The standard InChI is InChI=1S/C28H26F6O2/c1-3-36-22-13-12-21(27(33)28(22)34)20-11-10-19(25(31)26(20)32)16-6-4-15(5-7-16)18-9-8-17(14(2)35)23(29)24(18)30/h8-16,35H,3-7H2,1-2H3. The van der Waals surface area contributed by atoms with Crippen molar-refractivity contribution < 1.29 is 36.2 Å². The van der Waals surface area contributed by atoms with Crippen molar-refractivity contribution in [1.29, 1.82) is 0 Å². The molecular weight excluding hydrogens is 482 g/mol. The molecular formula is C28H26F6O2. The summed E-state index contributed by atoms with van der Waals surface area (Å²) in [6.07, 6.45) is 0.530. The molecule has 1 atom stereocenters. The largest absolute Gasteiger partial charge is 0.491 e. The third-order valence-corrected chi connectivity index (χ3v) is 6.95. The second-order valence-electron chi connectivity index (χ2n) is 9.10. The maximum Gasteiger partial charge on any atom is 0.201 e. The molecule has 0 bridgehead atoms. The Morgan fingerprint density at radius 1 is 0.694 bits per heavy atom. The summed E-state index contributed by atoms with van der Waals surface area (Å²) in [6, 6.07) is 7.72. The summed E-state index contributed by atoms with van der Waals surface area (Å²) in [7, 11) is 0. The van der Waals surface area contributed by atoms with Crippen molar-refractivity contribution in [2.45, 2.75) is 57.5 Å². The second kappa shape index (κ2) is 10.5. The van der Waals surface area contributed by atoms with Gasteiger partial charge in [-0.3, -0.25) is 0 Å². The number of rotatable bonds is 6. The van der Waals surface area contributed by atoms with Crippen molar-refractivity contribution in [3.8, 4) is 16.9 Å². The molecule has 1 saturated carbocycles. The van der Waals surface area contributed by atoms with Crippen molar-refractivity contribution in [2.75, 3.05) is 6.61 Å². The van der Waals surface area contributed by atoms with E-state index in [0.717, 1.165) is 6.07 Å². The fourth-order valence-corrected chi connectivity index (χ4v) is 5.03. The summed E-state index contributed by atoms with van der Waals surface area (Å²) in [6.45, 7) is 3.07. The van der Waals surface area contributed by atoms with E-state index in [-0.39, 0.29) is 40.9 Å². The normalized spacial score (nSPS) is 18.8. The van der Waals surface area contributed by atoms with Crippen LogP contribution in [0.15, 0.2) is 36.4 Å². The molecule has 8 heteroatoms. The van der Waals surface area contributed by atoms with Crippen LogP contribution in [0, 0.1) is 34.9 Å². The van der Waals surface area contributed by atoms with Crippen LogP contribution in [0.3, 0.4) is 0 Å². The molecule has 0 aliphatic heterocycles. The van der Waals surface area contributed by atoms with Gasteiger partial charge in [0.1, 0.15) is 0 Å². The minimum atomic E-state index is -1.33. The molecule has 0 heterocycles. The Balaban J connectivity index is 1.54. The Kier molecular flexibility index (Phi) is 7.64. The Bertz CT molecular complexity index is 1270. The molecule has 4 rings (SSSR count). The van der Waals surface area contributed by atoms with E-state index in [1.807, 2.05) is 0 Å². The topological polar surface area (TPSA) is 29.5 Å². The van der Waals surface area contributed by atoms with Gasteiger partial charge in [-0.05, 0) is 74.6 Å². The summed E-state index contributed by atoms with van der Waals surface area (Å²) in [5.74, 6) is -8.07. The molecule has 0 saturated heterocycles. The molecule has 2 nitrogen and oxygen atoms in total. The fourth-order valence-electron chi connectivity index (χ4n) is 5.03. The maximum atomic E-state index is 15.1. The van der Waals surface area contributed by atoms with Crippen molar-refractivity contribution >= 4 is 0 Å². The van der Waals surface area contributed by atoms with Gasteiger partial charge in [0.25, 0.3) is 0 Å². The smallest absolute Gasteiger partial charge is 0.201 e. The zero-order valence-electron chi connectivity index (χ0n) is 19.9. The predicted molar refractivity (Wildman–Crippen MR) is 124 cm³/mol. The van der Waals surface area contributed by atoms with E-state index >= 15 is 4.39 Å². The van der Waals surface area contributed by atoms with Crippen LogP contribution in [0.25, 0.3) is 11.1 Å². The summed E-state index contributed by atoms with van der Waals surface area (Å²) in [4.78, 5) is 0. The average Bonchev–Trinajstić information content (AvgIpc) is 2.86. The number of halogens is 6. The molecule has 3 aromatic carbocycles. The van der Waals surface area contributed by atoms with Crippen LogP contribution in [0.5, 0.6) is 5.75 Å². The van der Waals surface area contributed by atoms with Crippen molar-refractivity contribution in [3.05, 3.63) is 88.0 Å². The lowest BCUT2D eigenvalue weighted by Crippen LogP contribution is -2.16. The van der Waals surface area contributed by atoms with E-state index in [9.17, 15) is 27.1 Å². The van der Waals surface area contributed by atoms with Crippen molar-refractivity contribution in [2.24, 2.45) is 0 Å². The van der Waals surface area contributed by atoms with Gasteiger partial charge in [0.05, 0.1) is 12.7 Å². The van der Waals surface area contributed by atoms with Crippen LogP contribution in [0.4, 0.5) is 26.3 Å². The first kappa shape index (κ1) is 26.1. The zero-order chi connectivity index (χ0) is 26.1. The number of hydrogen-bond acceptors (Lipinski definition) is 2. The minimum Gasteiger partial charge on any atom is -0.491 e. The number of benzene rings is 3. The molecule has 1 aliphatic carbocycles. The highest BCUT2D eigenvalue weighted by Gasteiger charge is 2.30. The summed E-state index contributed by atoms with van der Waals surface area (Å²) in [5.41, 5.74) is -0.629. The molecule has 0 radical (unpaired) electrons. The molecule has 192 valence electrons. The Morgan fingerprint density at radius 2 is 1.17 bits per heavy atom. The van der Waals surface area contributed by atoms with Crippen LogP contribution < -0.4 is 4.74 Å².